The van der Waals surface area contributed by atoms with Crippen LogP contribution in [0.2, 0.25) is 0 Å². The van der Waals surface area contributed by atoms with Crippen LogP contribution in [-0.2, 0) is 0 Å². The van der Waals surface area contributed by atoms with Crippen molar-refractivity contribution >= 4 is 27.4 Å². The molecule has 1 aliphatic rings. The van der Waals surface area contributed by atoms with Gasteiger partial charge in [-0.3, -0.25) is 0 Å². The van der Waals surface area contributed by atoms with Crippen molar-refractivity contribution in [3.63, 3.8) is 0 Å². The molecule has 1 saturated carbocycles. The van der Waals surface area contributed by atoms with Crippen molar-refractivity contribution in [2.45, 2.75) is 45.6 Å². The summed E-state index contributed by atoms with van der Waals surface area (Å²) in [7, 11) is 0. The number of rotatable bonds is 3. The zero-order valence-electron chi connectivity index (χ0n) is 10.4. The van der Waals surface area contributed by atoms with Crippen molar-refractivity contribution in [2.75, 3.05) is 5.32 Å². The highest BCUT2D eigenvalue weighted by Gasteiger charge is 2.23. The average molecular weight is 247 g/mol. The fourth-order valence-electron chi connectivity index (χ4n) is 1.85. The number of anilines is 1. The predicted octanol–water partition coefficient (Wildman–Crippen LogP) is 3.70. The van der Waals surface area contributed by atoms with Crippen molar-refractivity contribution in [1.29, 1.82) is 0 Å². The zero-order chi connectivity index (χ0) is 12.0. The van der Waals surface area contributed by atoms with Gasteiger partial charge >= 0.3 is 0 Å². The Labute approximate surface area is 105 Å². The van der Waals surface area contributed by atoms with Crippen molar-refractivity contribution in [3.05, 3.63) is 16.8 Å². The summed E-state index contributed by atoms with van der Waals surface area (Å²) in [5.41, 5.74) is 0. The minimum atomic E-state index is 0.376. The first-order valence-corrected chi connectivity index (χ1v) is 7.00. The Kier molecular flexibility index (Phi) is 2.54. The molecule has 0 bridgehead atoms. The largest absolute Gasteiger partial charge is 0.367 e. The van der Waals surface area contributed by atoms with E-state index >= 15 is 0 Å². The molecule has 3 nitrogen and oxygen atoms in total. The molecule has 0 aliphatic heterocycles. The molecule has 2 aromatic rings. The number of hydrogen-bond donors (Lipinski definition) is 1. The third-order valence-corrected chi connectivity index (χ3v) is 3.91. The van der Waals surface area contributed by atoms with Crippen LogP contribution in [0.25, 0.3) is 10.2 Å². The van der Waals surface area contributed by atoms with Gasteiger partial charge in [-0.25, -0.2) is 9.97 Å². The van der Waals surface area contributed by atoms with Crippen molar-refractivity contribution in [2.24, 2.45) is 0 Å². The highest BCUT2D eigenvalue weighted by atomic mass is 32.1. The van der Waals surface area contributed by atoms with E-state index in [9.17, 15) is 0 Å². The highest BCUT2D eigenvalue weighted by molar-refractivity contribution is 7.18. The SMILES string of the molecule is Cc1cc2c(NC3CC3)nc(C(C)C)nc2s1. The Balaban J connectivity index is 2.13. The van der Waals surface area contributed by atoms with Gasteiger partial charge in [0.1, 0.15) is 16.5 Å². The third-order valence-electron chi connectivity index (χ3n) is 2.97. The molecule has 90 valence electrons. The van der Waals surface area contributed by atoms with Crippen LogP contribution in [-0.4, -0.2) is 16.0 Å². The van der Waals surface area contributed by atoms with Crippen LogP contribution in [0.4, 0.5) is 5.82 Å². The molecule has 2 aromatic heterocycles. The van der Waals surface area contributed by atoms with Crippen LogP contribution in [0.1, 0.15) is 43.3 Å². The lowest BCUT2D eigenvalue weighted by atomic mass is 10.2. The minimum absolute atomic E-state index is 0.376. The lowest BCUT2D eigenvalue weighted by Crippen LogP contribution is -2.07. The standard InChI is InChI=1S/C13H17N3S/c1-7(2)11-15-12(14-9-4-5-9)10-6-8(3)17-13(10)16-11/h6-7,9H,4-5H2,1-3H3,(H,14,15,16). The van der Waals surface area contributed by atoms with Gasteiger partial charge in [-0.1, -0.05) is 13.8 Å². The number of aromatic nitrogens is 2. The Hall–Kier alpha value is -1.16. The maximum atomic E-state index is 4.68. The molecule has 4 heteroatoms. The molecule has 0 amide bonds. The number of aryl methyl sites for hydroxylation is 1. The quantitative estimate of drug-likeness (QED) is 0.898. The molecule has 1 fully saturated rings. The third kappa shape index (κ3) is 2.14. The normalized spacial score (nSPS) is 15.8. The summed E-state index contributed by atoms with van der Waals surface area (Å²) in [6, 6.07) is 2.82. The van der Waals surface area contributed by atoms with E-state index < -0.39 is 0 Å². The number of thiophene rings is 1. The summed E-state index contributed by atoms with van der Waals surface area (Å²) in [4.78, 5) is 11.7. The van der Waals surface area contributed by atoms with Gasteiger partial charge in [-0.2, -0.15) is 0 Å². The van der Waals surface area contributed by atoms with Gasteiger partial charge in [0.2, 0.25) is 0 Å². The van der Waals surface area contributed by atoms with Crippen molar-refractivity contribution in [1.82, 2.24) is 9.97 Å². The van der Waals surface area contributed by atoms with Gasteiger partial charge < -0.3 is 5.32 Å². The van der Waals surface area contributed by atoms with Gasteiger partial charge in [0.25, 0.3) is 0 Å². The second-order valence-electron chi connectivity index (χ2n) is 5.08. The Morgan fingerprint density at radius 3 is 2.76 bits per heavy atom. The fourth-order valence-corrected chi connectivity index (χ4v) is 2.73. The topological polar surface area (TPSA) is 37.8 Å². The Bertz CT molecular complexity index is 555. The van der Waals surface area contributed by atoms with E-state index in [1.165, 1.54) is 23.1 Å². The number of hydrogen-bond acceptors (Lipinski definition) is 4. The lowest BCUT2D eigenvalue weighted by molar-refractivity contribution is 0.784. The van der Waals surface area contributed by atoms with Gasteiger partial charge in [0.15, 0.2) is 0 Å². The molecular formula is C13H17N3S. The summed E-state index contributed by atoms with van der Waals surface area (Å²) in [5, 5.41) is 4.71. The van der Waals surface area contributed by atoms with E-state index in [1.54, 1.807) is 11.3 Å². The summed E-state index contributed by atoms with van der Waals surface area (Å²) in [6.07, 6.45) is 2.54. The molecule has 0 spiro atoms. The van der Waals surface area contributed by atoms with Gasteiger partial charge in [-0.15, -0.1) is 11.3 Å². The fraction of sp³-hybridized carbons (Fsp3) is 0.538. The van der Waals surface area contributed by atoms with E-state index in [4.69, 9.17) is 0 Å². The van der Waals surface area contributed by atoms with Crippen molar-refractivity contribution < 1.29 is 0 Å². The van der Waals surface area contributed by atoms with E-state index in [2.05, 4.69) is 42.1 Å². The summed E-state index contributed by atoms with van der Waals surface area (Å²) < 4.78 is 0. The molecule has 2 heterocycles. The first-order chi connectivity index (χ1) is 8.13. The molecule has 3 rings (SSSR count). The van der Waals surface area contributed by atoms with Crippen LogP contribution >= 0.6 is 11.3 Å². The smallest absolute Gasteiger partial charge is 0.138 e. The van der Waals surface area contributed by atoms with Gasteiger partial charge in [-0.05, 0) is 25.8 Å². The van der Waals surface area contributed by atoms with Crippen LogP contribution in [0, 0.1) is 6.92 Å². The second-order valence-corrected chi connectivity index (χ2v) is 6.31. The summed E-state index contributed by atoms with van der Waals surface area (Å²) in [6.45, 7) is 6.41. The molecule has 0 aromatic carbocycles. The summed E-state index contributed by atoms with van der Waals surface area (Å²) >= 11 is 1.75. The highest BCUT2D eigenvalue weighted by Crippen LogP contribution is 2.33. The van der Waals surface area contributed by atoms with E-state index in [-0.39, 0.29) is 0 Å². The average Bonchev–Trinajstić information content (AvgIpc) is 2.98. The van der Waals surface area contributed by atoms with Crippen LogP contribution in [0.15, 0.2) is 6.07 Å². The van der Waals surface area contributed by atoms with E-state index in [0.717, 1.165) is 16.5 Å². The van der Waals surface area contributed by atoms with Crippen LogP contribution in [0.3, 0.4) is 0 Å². The molecule has 17 heavy (non-hydrogen) atoms. The van der Waals surface area contributed by atoms with Gasteiger partial charge in [0.05, 0.1) is 5.39 Å². The number of nitrogens with one attached hydrogen (secondary N) is 1. The first-order valence-electron chi connectivity index (χ1n) is 6.18. The molecule has 0 atom stereocenters. The molecule has 0 unspecified atom stereocenters. The second kappa shape index (κ2) is 3.95. The number of nitrogens with zero attached hydrogens (tertiary/aromatic N) is 2. The minimum Gasteiger partial charge on any atom is -0.367 e. The maximum absolute atomic E-state index is 4.68. The van der Waals surface area contributed by atoms with Crippen molar-refractivity contribution in [3.8, 4) is 0 Å². The lowest BCUT2D eigenvalue weighted by Gasteiger charge is -2.09. The van der Waals surface area contributed by atoms with Gasteiger partial charge in [0, 0.05) is 16.8 Å². The molecular weight excluding hydrogens is 230 g/mol. The van der Waals surface area contributed by atoms with Crippen LogP contribution < -0.4 is 5.32 Å². The zero-order valence-corrected chi connectivity index (χ0v) is 11.3. The molecule has 1 aliphatic carbocycles. The number of fused-ring (bicyclic) bond motifs is 1. The van der Waals surface area contributed by atoms with Crippen LogP contribution in [0.5, 0.6) is 0 Å². The Morgan fingerprint density at radius 1 is 1.35 bits per heavy atom. The first kappa shape index (κ1) is 11.0. The van der Waals surface area contributed by atoms with E-state index in [0.29, 0.717) is 12.0 Å². The summed E-state index contributed by atoms with van der Waals surface area (Å²) in [5.74, 6) is 2.36. The molecule has 0 radical (unpaired) electrons. The Morgan fingerprint density at radius 2 is 2.12 bits per heavy atom. The predicted molar refractivity (Wildman–Crippen MR) is 72.9 cm³/mol. The maximum Gasteiger partial charge on any atom is 0.138 e. The molecule has 0 saturated heterocycles. The molecule has 1 N–H and O–H groups in total. The monoisotopic (exact) mass is 247 g/mol. The van der Waals surface area contributed by atoms with E-state index in [1.807, 2.05) is 0 Å².